The van der Waals surface area contributed by atoms with E-state index in [2.05, 4.69) is 30.5 Å². The van der Waals surface area contributed by atoms with Crippen molar-refractivity contribution < 1.29 is 47.5 Å². The molecule has 0 saturated carbocycles. The van der Waals surface area contributed by atoms with Gasteiger partial charge in [-0.15, -0.1) is 0 Å². The molecule has 3 atom stereocenters. The van der Waals surface area contributed by atoms with Gasteiger partial charge >= 0.3 is 25.7 Å². The number of rotatable bonds is 44. The van der Waals surface area contributed by atoms with Gasteiger partial charge in [-0.05, 0) is 38.5 Å². The second kappa shape index (κ2) is 41.0. The zero-order chi connectivity index (χ0) is 42.1. The normalized spacial score (nSPS) is 13.8. The summed E-state index contributed by atoms with van der Waals surface area (Å²) in [6, 6.07) is -1.52. The molecule has 57 heavy (non-hydrogen) atoms. The van der Waals surface area contributed by atoms with Crippen LogP contribution in [0.4, 0.5) is 0 Å². The molecule has 0 saturated heterocycles. The minimum atomic E-state index is -4.71. The Labute approximate surface area is 348 Å². The van der Waals surface area contributed by atoms with Gasteiger partial charge in [0.1, 0.15) is 12.6 Å². The number of hydrogen-bond donors (Lipinski definition) is 3. The average Bonchev–Trinajstić information content (AvgIpc) is 3.19. The van der Waals surface area contributed by atoms with Crippen LogP contribution in [-0.2, 0) is 37.5 Å². The van der Waals surface area contributed by atoms with Crippen molar-refractivity contribution in [2.24, 2.45) is 5.73 Å². The lowest BCUT2D eigenvalue weighted by molar-refractivity contribution is -0.161. The molecule has 0 aromatic carbocycles. The molecule has 0 amide bonds. The largest absolute Gasteiger partial charge is 0.480 e. The molecule has 336 valence electrons. The number of ether oxygens (including phenoxy) is 2. The fourth-order valence-corrected chi connectivity index (χ4v) is 7.37. The Bertz CT molecular complexity index is 1030. The number of carboxylic acids is 1. The fourth-order valence-electron chi connectivity index (χ4n) is 6.59. The Kier molecular flexibility index (Phi) is 39.7. The molecule has 12 heteroatoms. The van der Waals surface area contributed by atoms with E-state index in [0.29, 0.717) is 12.8 Å². The zero-order valence-corrected chi connectivity index (χ0v) is 37.3. The highest BCUT2D eigenvalue weighted by molar-refractivity contribution is 7.47. The second-order valence-electron chi connectivity index (χ2n) is 15.9. The van der Waals surface area contributed by atoms with Gasteiger partial charge < -0.3 is 25.2 Å². The molecule has 0 rings (SSSR count). The zero-order valence-electron chi connectivity index (χ0n) is 36.5. The number of allylic oxidation sites excluding steroid dienone is 2. The average molecular weight is 832 g/mol. The number of esters is 2. The number of carboxylic acid groups (broad SMARTS) is 1. The van der Waals surface area contributed by atoms with Gasteiger partial charge in [0.05, 0.1) is 13.2 Å². The second-order valence-corrected chi connectivity index (χ2v) is 17.3. The van der Waals surface area contributed by atoms with Crippen LogP contribution in [0, 0.1) is 0 Å². The van der Waals surface area contributed by atoms with Crippen molar-refractivity contribution in [1.29, 1.82) is 0 Å². The van der Waals surface area contributed by atoms with E-state index >= 15 is 0 Å². The van der Waals surface area contributed by atoms with Gasteiger partial charge in [0, 0.05) is 12.8 Å². The molecule has 0 aromatic heterocycles. The van der Waals surface area contributed by atoms with Crippen molar-refractivity contribution in [1.82, 2.24) is 0 Å². The molecule has 0 aromatic rings. The highest BCUT2D eigenvalue weighted by atomic mass is 31.2. The molecular weight excluding hydrogens is 745 g/mol. The minimum absolute atomic E-state index is 0.155. The van der Waals surface area contributed by atoms with E-state index in [1.165, 1.54) is 128 Å². The summed E-state index contributed by atoms with van der Waals surface area (Å²) in [6.45, 7) is 2.80. The van der Waals surface area contributed by atoms with Crippen molar-refractivity contribution in [2.75, 3.05) is 19.8 Å². The van der Waals surface area contributed by atoms with Gasteiger partial charge in [0.25, 0.3) is 0 Å². The summed E-state index contributed by atoms with van der Waals surface area (Å²) in [4.78, 5) is 46.0. The lowest BCUT2D eigenvalue weighted by Gasteiger charge is -2.20. The molecule has 0 radical (unpaired) electrons. The minimum Gasteiger partial charge on any atom is -0.480 e. The highest BCUT2D eigenvalue weighted by Gasteiger charge is 2.28. The van der Waals surface area contributed by atoms with Crippen LogP contribution in [-0.4, -0.2) is 59.9 Å². The first-order valence-corrected chi connectivity index (χ1v) is 24.7. The van der Waals surface area contributed by atoms with E-state index in [9.17, 15) is 23.8 Å². The fraction of sp³-hybridized carbons (Fsp3) is 0.889. The topological polar surface area (TPSA) is 172 Å². The Balaban J connectivity index is 4.21. The molecule has 0 aliphatic carbocycles. The number of aliphatic carboxylic acids is 1. The number of unbranched alkanes of at least 4 members (excludes halogenated alkanes) is 28. The molecule has 0 aliphatic rings. The van der Waals surface area contributed by atoms with Crippen molar-refractivity contribution in [3.05, 3.63) is 12.2 Å². The van der Waals surface area contributed by atoms with Crippen molar-refractivity contribution in [3.63, 3.8) is 0 Å². The van der Waals surface area contributed by atoms with Crippen LogP contribution < -0.4 is 5.73 Å². The van der Waals surface area contributed by atoms with Gasteiger partial charge in [-0.1, -0.05) is 187 Å². The summed E-state index contributed by atoms with van der Waals surface area (Å²) in [5.74, 6) is -2.38. The van der Waals surface area contributed by atoms with Gasteiger partial charge in [0.2, 0.25) is 0 Å². The van der Waals surface area contributed by atoms with Crippen molar-refractivity contribution in [3.8, 4) is 0 Å². The smallest absolute Gasteiger partial charge is 0.472 e. The van der Waals surface area contributed by atoms with E-state index in [1.54, 1.807) is 0 Å². The standard InChI is InChI=1S/C45H86NO10P/c1-3-5-7-9-11-13-15-17-18-19-20-21-22-23-24-25-27-28-30-32-34-36-43(47)53-38-41(39-54-57(51,52)55-40-42(46)45(49)50)56-44(48)37-35-33-31-29-26-16-14-12-10-8-6-4-2/h12,14,41-42H,3-11,13,15-40,46H2,1-2H3,(H,49,50)(H,51,52)/b14-12+/t41-,42-/m0/s1. The third kappa shape index (κ3) is 40.8. The third-order valence-corrected chi connectivity index (χ3v) is 11.2. The van der Waals surface area contributed by atoms with E-state index in [1.807, 2.05) is 0 Å². The number of phosphoric ester groups is 1. The SMILES string of the molecule is CCCCC/C=C/CCCCCCCC(=O)O[C@@H](COC(=O)CCCCCCCCCCCCCCCCCCCCCCC)COP(=O)(O)OC[C@H](N)C(=O)O. The Morgan fingerprint density at radius 3 is 1.32 bits per heavy atom. The maximum Gasteiger partial charge on any atom is 0.472 e. The first-order valence-electron chi connectivity index (χ1n) is 23.2. The predicted octanol–water partition coefficient (Wildman–Crippen LogP) is 12.5. The number of hydrogen-bond acceptors (Lipinski definition) is 9. The summed E-state index contributed by atoms with van der Waals surface area (Å²) >= 11 is 0. The molecule has 0 fully saturated rings. The maximum atomic E-state index is 12.6. The van der Waals surface area contributed by atoms with E-state index in [4.69, 9.17) is 24.8 Å². The predicted molar refractivity (Wildman–Crippen MR) is 231 cm³/mol. The summed E-state index contributed by atoms with van der Waals surface area (Å²) in [5, 5.41) is 8.89. The first kappa shape index (κ1) is 55.2. The summed E-state index contributed by atoms with van der Waals surface area (Å²) in [5.41, 5.74) is 5.33. The highest BCUT2D eigenvalue weighted by Crippen LogP contribution is 2.43. The Hall–Kier alpha value is -1.78. The van der Waals surface area contributed by atoms with Crippen LogP contribution >= 0.6 is 7.82 Å². The van der Waals surface area contributed by atoms with Crippen molar-refractivity contribution in [2.45, 2.75) is 238 Å². The van der Waals surface area contributed by atoms with Crippen molar-refractivity contribution >= 4 is 25.7 Å². The molecule has 0 bridgehead atoms. The molecular formula is C45H86NO10P. The van der Waals surface area contributed by atoms with Crippen LogP contribution in [0.15, 0.2) is 12.2 Å². The summed E-state index contributed by atoms with van der Waals surface area (Å²) in [6.07, 6.45) is 41.4. The third-order valence-electron chi connectivity index (χ3n) is 10.3. The maximum absolute atomic E-state index is 12.6. The molecule has 0 aliphatic heterocycles. The van der Waals surface area contributed by atoms with E-state index < -0.39 is 51.1 Å². The Morgan fingerprint density at radius 2 is 0.877 bits per heavy atom. The molecule has 0 heterocycles. The van der Waals surface area contributed by atoms with Crippen LogP contribution in [0.5, 0.6) is 0 Å². The van der Waals surface area contributed by atoms with Crippen LogP contribution in [0.1, 0.15) is 226 Å². The summed E-state index contributed by atoms with van der Waals surface area (Å²) < 4.78 is 32.7. The summed E-state index contributed by atoms with van der Waals surface area (Å²) in [7, 11) is -4.71. The van der Waals surface area contributed by atoms with Gasteiger partial charge in [-0.25, -0.2) is 4.57 Å². The lowest BCUT2D eigenvalue weighted by Crippen LogP contribution is -2.34. The molecule has 4 N–H and O–H groups in total. The quantitative estimate of drug-likeness (QED) is 0.0231. The number of phosphoric acid groups is 1. The Morgan fingerprint density at radius 1 is 0.526 bits per heavy atom. The van der Waals surface area contributed by atoms with Crippen LogP contribution in [0.2, 0.25) is 0 Å². The molecule has 11 nitrogen and oxygen atoms in total. The number of carbonyl (C=O) groups is 3. The molecule has 1 unspecified atom stereocenters. The van der Waals surface area contributed by atoms with Crippen LogP contribution in [0.3, 0.4) is 0 Å². The lowest BCUT2D eigenvalue weighted by atomic mass is 10.0. The van der Waals surface area contributed by atoms with Gasteiger partial charge in [-0.3, -0.25) is 23.4 Å². The first-order chi connectivity index (χ1) is 27.6. The number of nitrogens with two attached hydrogens (primary N) is 1. The van der Waals surface area contributed by atoms with Gasteiger partial charge in [-0.2, -0.15) is 0 Å². The van der Waals surface area contributed by atoms with E-state index in [0.717, 1.165) is 57.8 Å². The monoisotopic (exact) mass is 832 g/mol. The van der Waals surface area contributed by atoms with Gasteiger partial charge in [0.15, 0.2) is 6.10 Å². The van der Waals surface area contributed by atoms with Crippen LogP contribution in [0.25, 0.3) is 0 Å². The van der Waals surface area contributed by atoms with E-state index in [-0.39, 0.29) is 19.4 Å². The molecule has 0 spiro atoms. The number of carbonyl (C=O) groups excluding carboxylic acids is 2.